The Balaban J connectivity index is 1.43. The molecule has 144 valence electrons. The second-order valence-electron chi connectivity index (χ2n) is 7.77. The second-order valence-corrected chi connectivity index (χ2v) is 7.77. The van der Waals surface area contributed by atoms with Crippen molar-refractivity contribution >= 4 is 17.8 Å². The quantitative estimate of drug-likeness (QED) is 0.750. The van der Waals surface area contributed by atoms with E-state index in [0.717, 1.165) is 41.9 Å². The molecule has 1 spiro atoms. The highest BCUT2D eigenvalue weighted by Crippen LogP contribution is 2.41. The highest BCUT2D eigenvalue weighted by Gasteiger charge is 2.52. The predicted octanol–water partition coefficient (Wildman–Crippen LogP) is 2.13. The number of amides is 4. The van der Waals surface area contributed by atoms with E-state index in [1.54, 1.807) is 7.11 Å². The molecule has 1 heterocycles. The van der Waals surface area contributed by atoms with Crippen LogP contribution < -0.4 is 15.4 Å². The van der Waals surface area contributed by atoms with Crippen molar-refractivity contribution in [3.05, 3.63) is 29.8 Å². The smallest absolute Gasteiger partial charge is 0.325 e. The number of nitrogens with one attached hydrogen (secondary N) is 2. The van der Waals surface area contributed by atoms with Crippen LogP contribution in [0.4, 0.5) is 4.79 Å². The molecule has 7 nitrogen and oxygen atoms in total. The number of ether oxygens (including phenoxy) is 1. The van der Waals surface area contributed by atoms with Gasteiger partial charge in [0.25, 0.3) is 5.91 Å². The molecule has 0 radical (unpaired) electrons. The summed E-state index contributed by atoms with van der Waals surface area (Å²) in [4.78, 5) is 38.6. The zero-order chi connectivity index (χ0) is 19.0. The summed E-state index contributed by atoms with van der Waals surface area (Å²) in [6.07, 6.45) is 5.28. The van der Waals surface area contributed by atoms with Crippen LogP contribution in [0.25, 0.3) is 0 Å². The Labute approximate surface area is 158 Å². The number of urea groups is 1. The molecule has 3 fully saturated rings. The van der Waals surface area contributed by atoms with Gasteiger partial charge in [0, 0.05) is 0 Å². The van der Waals surface area contributed by atoms with Gasteiger partial charge in [-0.3, -0.25) is 14.5 Å². The second kappa shape index (κ2) is 6.87. The third-order valence-electron chi connectivity index (χ3n) is 5.89. The lowest BCUT2D eigenvalue weighted by Gasteiger charge is -2.22. The first-order chi connectivity index (χ1) is 13.0. The van der Waals surface area contributed by atoms with E-state index in [-0.39, 0.29) is 24.4 Å². The van der Waals surface area contributed by atoms with Gasteiger partial charge in [-0.1, -0.05) is 25.0 Å². The van der Waals surface area contributed by atoms with Crippen LogP contribution in [0.2, 0.25) is 0 Å². The summed E-state index contributed by atoms with van der Waals surface area (Å²) in [5.41, 5.74) is 0.236. The van der Waals surface area contributed by atoms with Gasteiger partial charge in [0.15, 0.2) is 0 Å². The first kappa shape index (κ1) is 17.8. The Morgan fingerprint density at radius 3 is 2.52 bits per heavy atom. The largest absolute Gasteiger partial charge is 0.497 e. The summed E-state index contributed by atoms with van der Waals surface area (Å²) in [6, 6.07) is 7.08. The van der Waals surface area contributed by atoms with E-state index in [9.17, 15) is 14.4 Å². The molecule has 7 heteroatoms. The minimum absolute atomic E-state index is 0.107. The molecule has 1 saturated heterocycles. The lowest BCUT2D eigenvalue weighted by Crippen LogP contribution is -2.45. The van der Waals surface area contributed by atoms with E-state index < -0.39 is 11.6 Å². The molecule has 3 aliphatic rings. The Morgan fingerprint density at radius 1 is 1.26 bits per heavy atom. The Hall–Kier alpha value is -2.57. The highest BCUT2D eigenvalue weighted by atomic mass is 16.5. The molecule has 1 aliphatic heterocycles. The fourth-order valence-electron chi connectivity index (χ4n) is 4.21. The average Bonchev–Trinajstić information content (AvgIpc) is 3.37. The summed E-state index contributed by atoms with van der Waals surface area (Å²) in [7, 11) is 1.62. The van der Waals surface area contributed by atoms with Gasteiger partial charge in [0.2, 0.25) is 5.91 Å². The molecule has 2 N–H and O–H groups in total. The highest BCUT2D eigenvalue weighted by molar-refractivity contribution is 6.09. The number of carbonyl (C=O) groups is 3. The molecule has 1 aromatic carbocycles. The van der Waals surface area contributed by atoms with Crippen molar-refractivity contribution in [2.45, 2.75) is 50.1 Å². The minimum atomic E-state index is -0.775. The first-order valence-electron chi connectivity index (χ1n) is 9.60. The monoisotopic (exact) mass is 371 g/mol. The SMILES string of the molecule is COc1ccc([C@H](NC(=O)CN2C(=O)NC3(CCCC3)C2=O)C2CC2)cc1. The van der Waals surface area contributed by atoms with E-state index in [4.69, 9.17) is 4.74 Å². The third-order valence-corrected chi connectivity index (χ3v) is 5.89. The maximum absolute atomic E-state index is 12.7. The molecule has 0 unspecified atom stereocenters. The summed E-state index contributed by atoms with van der Waals surface area (Å²) in [5.74, 6) is 0.598. The van der Waals surface area contributed by atoms with Crippen LogP contribution in [0.1, 0.15) is 50.1 Å². The molecule has 1 atom stereocenters. The van der Waals surface area contributed by atoms with Crippen LogP contribution in [-0.4, -0.2) is 41.9 Å². The van der Waals surface area contributed by atoms with E-state index >= 15 is 0 Å². The van der Waals surface area contributed by atoms with Crippen LogP contribution in [0.3, 0.4) is 0 Å². The lowest BCUT2D eigenvalue weighted by atomic mass is 9.98. The number of nitrogens with zero attached hydrogens (tertiary/aromatic N) is 1. The van der Waals surface area contributed by atoms with Crippen LogP contribution >= 0.6 is 0 Å². The molecule has 1 aromatic rings. The summed E-state index contributed by atoms with van der Waals surface area (Å²) >= 11 is 0. The van der Waals surface area contributed by atoms with Crippen molar-refractivity contribution in [2.75, 3.05) is 13.7 Å². The zero-order valence-electron chi connectivity index (χ0n) is 15.5. The Morgan fingerprint density at radius 2 is 1.93 bits per heavy atom. The van der Waals surface area contributed by atoms with Crippen LogP contribution in [0.5, 0.6) is 5.75 Å². The normalized spacial score (nSPS) is 22.0. The standard InChI is InChI=1S/C20H25N3O4/c1-27-15-8-6-14(7-9-15)17(13-4-5-13)21-16(24)12-23-18(25)20(22-19(23)26)10-2-3-11-20/h6-9,13,17H,2-5,10-12H2,1H3,(H,21,24)(H,22,26)/t17-/m1/s1. The van der Waals surface area contributed by atoms with Crippen molar-refractivity contribution in [1.29, 1.82) is 0 Å². The van der Waals surface area contributed by atoms with Gasteiger partial charge in [-0.25, -0.2) is 4.79 Å². The van der Waals surface area contributed by atoms with E-state index in [1.807, 2.05) is 24.3 Å². The summed E-state index contributed by atoms with van der Waals surface area (Å²) < 4.78 is 5.19. The van der Waals surface area contributed by atoms with Crippen LogP contribution in [-0.2, 0) is 9.59 Å². The fourth-order valence-corrected chi connectivity index (χ4v) is 4.21. The Bertz CT molecular complexity index is 751. The third kappa shape index (κ3) is 3.38. The topological polar surface area (TPSA) is 87.7 Å². The molecule has 2 aliphatic carbocycles. The molecule has 0 aromatic heterocycles. The van der Waals surface area contributed by atoms with Gasteiger partial charge in [0.1, 0.15) is 17.8 Å². The van der Waals surface area contributed by atoms with Crippen molar-refractivity contribution in [3.63, 3.8) is 0 Å². The van der Waals surface area contributed by atoms with Crippen LogP contribution in [0.15, 0.2) is 24.3 Å². The van der Waals surface area contributed by atoms with Gasteiger partial charge >= 0.3 is 6.03 Å². The molecule has 4 rings (SSSR count). The van der Waals surface area contributed by atoms with E-state index in [2.05, 4.69) is 10.6 Å². The first-order valence-corrected chi connectivity index (χ1v) is 9.60. The van der Waals surface area contributed by atoms with Crippen molar-refractivity contribution in [3.8, 4) is 5.75 Å². The van der Waals surface area contributed by atoms with E-state index in [1.165, 1.54) is 0 Å². The lowest BCUT2D eigenvalue weighted by molar-refractivity contribution is -0.135. The maximum Gasteiger partial charge on any atom is 0.325 e. The molecule has 27 heavy (non-hydrogen) atoms. The molecular weight excluding hydrogens is 346 g/mol. The summed E-state index contributed by atoms with van der Waals surface area (Å²) in [6.45, 7) is -0.230. The number of rotatable bonds is 6. The van der Waals surface area contributed by atoms with Gasteiger partial charge in [-0.15, -0.1) is 0 Å². The van der Waals surface area contributed by atoms with Crippen molar-refractivity contribution in [2.24, 2.45) is 5.92 Å². The molecular formula is C20H25N3O4. The van der Waals surface area contributed by atoms with Gasteiger partial charge in [-0.2, -0.15) is 0 Å². The van der Waals surface area contributed by atoms with Crippen LogP contribution in [0, 0.1) is 5.92 Å². The number of imide groups is 1. The minimum Gasteiger partial charge on any atom is -0.497 e. The molecule has 4 amide bonds. The number of hydrogen-bond donors (Lipinski definition) is 2. The number of hydrogen-bond acceptors (Lipinski definition) is 4. The van der Waals surface area contributed by atoms with Crippen molar-refractivity contribution in [1.82, 2.24) is 15.5 Å². The number of carbonyl (C=O) groups excluding carboxylic acids is 3. The number of methoxy groups -OCH3 is 1. The fraction of sp³-hybridized carbons (Fsp3) is 0.550. The maximum atomic E-state index is 12.7. The van der Waals surface area contributed by atoms with Gasteiger partial charge < -0.3 is 15.4 Å². The van der Waals surface area contributed by atoms with E-state index in [0.29, 0.717) is 18.8 Å². The van der Waals surface area contributed by atoms with Crippen molar-refractivity contribution < 1.29 is 19.1 Å². The molecule has 2 saturated carbocycles. The average molecular weight is 371 g/mol. The zero-order valence-corrected chi connectivity index (χ0v) is 15.5. The number of benzene rings is 1. The van der Waals surface area contributed by atoms with Gasteiger partial charge in [-0.05, 0) is 49.3 Å². The molecule has 0 bridgehead atoms. The summed E-state index contributed by atoms with van der Waals surface area (Å²) in [5, 5.41) is 5.84. The van der Waals surface area contributed by atoms with Gasteiger partial charge in [0.05, 0.1) is 13.2 Å². The Kier molecular flexibility index (Phi) is 4.53. The predicted molar refractivity (Wildman–Crippen MR) is 98.0 cm³/mol.